The molecule has 0 amide bonds. The summed E-state index contributed by atoms with van der Waals surface area (Å²) in [5, 5.41) is 7.02. The Balaban J connectivity index is 2.87. The molecular weight excluding hydrogens is 281 g/mol. The topological polar surface area (TPSA) is 59.1 Å². The Morgan fingerprint density at radius 1 is 1.29 bits per heavy atom. The first-order valence-corrected chi connectivity index (χ1v) is 6.57. The van der Waals surface area contributed by atoms with Gasteiger partial charge in [-0.3, -0.25) is 5.41 Å². The molecule has 1 rings (SSSR count). The van der Waals surface area contributed by atoms with E-state index < -0.39 is 24.5 Å². The van der Waals surface area contributed by atoms with Crippen molar-refractivity contribution in [1.29, 1.82) is 5.41 Å². The van der Waals surface area contributed by atoms with Crippen LogP contribution in [-0.4, -0.2) is 18.6 Å². The van der Waals surface area contributed by atoms with Gasteiger partial charge in [0.05, 0.1) is 0 Å². The smallest absolute Gasteiger partial charge is 0.401 e. The molecule has 0 heterocycles. The molecular formula is C15H21F3N2O. The fourth-order valence-corrected chi connectivity index (χ4v) is 1.81. The molecule has 0 aliphatic carbocycles. The maximum absolute atomic E-state index is 12.7. The summed E-state index contributed by atoms with van der Waals surface area (Å²) >= 11 is 0. The molecule has 0 bridgehead atoms. The second-order valence-electron chi connectivity index (χ2n) is 6.09. The Labute approximate surface area is 122 Å². The summed E-state index contributed by atoms with van der Waals surface area (Å²) < 4.78 is 43.3. The van der Waals surface area contributed by atoms with E-state index in [0.717, 1.165) is 11.1 Å². The van der Waals surface area contributed by atoms with Gasteiger partial charge in [-0.2, -0.15) is 13.2 Å². The summed E-state index contributed by atoms with van der Waals surface area (Å²) in [6, 6.07) is 5.38. The lowest BCUT2D eigenvalue weighted by Crippen LogP contribution is -2.39. The average Bonchev–Trinajstić information content (AvgIpc) is 2.27. The third kappa shape index (κ3) is 4.65. The van der Waals surface area contributed by atoms with Gasteiger partial charge in [0.25, 0.3) is 0 Å². The number of ether oxygens (including phenoxy) is 1. The van der Waals surface area contributed by atoms with Crippen LogP contribution in [0.5, 0.6) is 5.75 Å². The van der Waals surface area contributed by atoms with Gasteiger partial charge in [-0.25, -0.2) is 0 Å². The van der Waals surface area contributed by atoms with Gasteiger partial charge in [0, 0.05) is 0 Å². The van der Waals surface area contributed by atoms with Crippen LogP contribution in [0.1, 0.15) is 31.9 Å². The Bertz CT molecular complexity index is 519. The van der Waals surface area contributed by atoms with E-state index in [1.165, 1.54) is 0 Å². The summed E-state index contributed by atoms with van der Waals surface area (Å²) in [6.45, 7) is 7.25. The quantitative estimate of drug-likeness (QED) is 0.656. The Morgan fingerprint density at radius 3 is 2.24 bits per heavy atom. The number of benzene rings is 1. The van der Waals surface area contributed by atoms with Crippen LogP contribution in [0.15, 0.2) is 18.2 Å². The Morgan fingerprint density at radius 2 is 1.86 bits per heavy atom. The van der Waals surface area contributed by atoms with Crippen LogP contribution in [-0.2, 0) is 5.41 Å². The number of aryl methyl sites for hydroxylation is 1. The highest BCUT2D eigenvalue weighted by atomic mass is 19.4. The minimum absolute atomic E-state index is 0.0445. The van der Waals surface area contributed by atoms with Gasteiger partial charge in [-0.15, -0.1) is 0 Å². The van der Waals surface area contributed by atoms with Crippen molar-refractivity contribution >= 4 is 5.84 Å². The van der Waals surface area contributed by atoms with Crippen LogP contribution in [0.3, 0.4) is 0 Å². The van der Waals surface area contributed by atoms with E-state index in [4.69, 9.17) is 15.9 Å². The molecule has 0 spiro atoms. The average molecular weight is 302 g/mol. The molecule has 1 atom stereocenters. The maximum Gasteiger partial charge on any atom is 0.401 e. The van der Waals surface area contributed by atoms with Gasteiger partial charge in [-0.1, -0.05) is 32.9 Å². The van der Waals surface area contributed by atoms with Crippen molar-refractivity contribution in [3.63, 3.8) is 0 Å². The van der Waals surface area contributed by atoms with Crippen molar-refractivity contribution in [1.82, 2.24) is 0 Å². The lowest BCUT2D eigenvalue weighted by atomic mass is 9.86. The van der Waals surface area contributed by atoms with Crippen molar-refractivity contribution in [2.45, 2.75) is 39.3 Å². The number of alkyl halides is 3. The van der Waals surface area contributed by atoms with Crippen molar-refractivity contribution in [3.05, 3.63) is 29.3 Å². The molecule has 21 heavy (non-hydrogen) atoms. The molecule has 1 aromatic rings. The molecule has 0 aromatic heterocycles. The van der Waals surface area contributed by atoms with Crippen LogP contribution in [0.4, 0.5) is 13.2 Å². The number of amidine groups is 1. The van der Waals surface area contributed by atoms with E-state index in [1.54, 1.807) is 13.0 Å². The van der Waals surface area contributed by atoms with E-state index in [0.29, 0.717) is 5.75 Å². The van der Waals surface area contributed by atoms with E-state index in [9.17, 15) is 13.2 Å². The highest BCUT2D eigenvalue weighted by Gasteiger charge is 2.42. The van der Waals surface area contributed by atoms with E-state index >= 15 is 0 Å². The zero-order chi connectivity index (χ0) is 16.4. The first-order chi connectivity index (χ1) is 9.43. The lowest BCUT2D eigenvalue weighted by Gasteiger charge is -2.22. The number of nitrogens with one attached hydrogen (secondary N) is 1. The summed E-state index contributed by atoms with van der Waals surface area (Å²) in [6.07, 6.45) is -4.58. The molecule has 6 heteroatoms. The van der Waals surface area contributed by atoms with Crippen LogP contribution >= 0.6 is 0 Å². The van der Waals surface area contributed by atoms with E-state index in [2.05, 4.69) is 20.8 Å². The summed E-state index contributed by atoms with van der Waals surface area (Å²) in [5.41, 5.74) is 6.78. The molecule has 1 aromatic carbocycles. The van der Waals surface area contributed by atoms with E-state index in [1.807, 2.05) is 12.1 Å². The predicted octanol–water partition coefficient (Wildman–Crippen LogP) is 3.79. The van der Waals surface area contributed by atoms with Crippen molar-refractivity contribution in [3.8, 4) is 5.75 Å². The second kappa shape index (κ2) is 5.95. The van der Waals surface area contributed by atoms with Gasteiger partial charge in [-0.05, 0) is 29.5 Å². The molecule has 0 saturated heterocycles. The number of rotatable bonds is 4. The third-order valence-electron chi connectivity index (χ3n) is 3.22. The van der Waals surface area contributed by atoms with Crippen LogP contribution < -0.4 is 10.5 Å². The Kier molecular flexibility index (Phi) is 4.91. The third-order valence-corrected chi connectivity index (χ3v) is 3.22. The molecule has 0 radical (unpaired) electrons. The maximum atomic E-state index is 12.7. The zero-order valence-corrected chi connectivity index (χ0v) is 12.6. The lowest BCUT2D eigenvalue weighted by molar-refractivity contribution is -0.162. The molecule has 3 nitrogen and oxygen atoms in total. The first-order valence-electron chi connectivity index (χ1n) is 6.57. The minimum Gasteiger partial charge on any atom is -0.492 e. The summed E-state index contributed by atoms with van der Waals surface area (Å²) in [5.74, 6) is -2.65. The van der Waals surface area contributed by atoms with Gasteiger partial charge in [0.15, 0.2) is 0 Å². The van der Waals surface area contributed by atoms with Crippen molar-refractivity contribution in [2.75, 3.05) is 6.61 Å². The summed E-state index contributed by atoms with van der Waals surface area (Å²) in [4.78, 5) is 0. The molecule has 0 fully saturated rings. The fourth-order valence-electron chi connectivity index (χ4n) is 1.81. The number of hydrogen-bond donors (Lipinski definition) is 2. The number of hydrogen-bond acceptors (Lipinski definition) is 2. The zero-order valence-electron chi connectivity index (χ0n) is 12.6. The van der Waals surface area contributed by atoms with Crippen molar-refractivity contribution in [2.24, 2.45) is 11.7 Å². The molecule has 0 saturated carbocycles. The molecule has 0 aliphatic heterocycles. The van der Waals surface area contributed by atoms with Gasteiger partial charge < -0.3 is 10.5 Å². The minimum atomic E-state index is -4.58. The fraction of sp³-hybridized carbons (Fsp3) is 0.533. The SMILES string of the molecule is Cc1cc(C(C)(C)C)ccc1OCC(C(=N)N)C(F)(F)F. The number of halogens is 3. The van der Waals surface area contributed by atoms with Gasteiger partial charge >= 0.3 is 6.18 Å². The monoisotopic (exact) mass is 302 g/mol. The summed E-state index contributed by atoms with van der Waals surface area (Å²) in [7, 11) is 0. The largest absolute Gasteiger partial charge is 0.492 e. The molecule has 3 N–H and O–H groups in total. The van der Waals surface area contributed by atoms with Gasteiger partial charge in [0.1, 0.15) is 24.1 Å². The Hall–Kier alpha value is -1.72. The highest BCUT2D eigenvalue weighted by molar-refractivity contribution is 5.80. The predicted molar refractivity (Wildman–Crippen MR) is 76.8 cm³/mol. The van der Waals surface area contributed by atoms with Crippen LogP contribution in [0.25, 0.3) is 0 Å². The number of nitrogens with two attached hydrogens (primary N) is 1. The van der Waals surface area contributed by atoms with Gasteiger partial charge in [0.2, 0.25) is 0 Å². The standard InChI is InChI=1S/C15H21F3N2O/c1-9-7-10(14(2,3)4)5-6-12(9)21-8-11(13(19)20)15(16,17)18/h5-7,11H,8H2,1-4H3,(H3,19,20). The van der Waals surface area contributed by atoms with E-state index in [-0.39, 0.29) is 5.41 Å². The second-order valence-corrected chi connectivity index (χ2v) is 6.09. The normalized spacial score (nSPS) is 13.9. The molecule has 1 unspecified atom stereocenters. The van der Waals surface area contributed by atoms with Crippen LogP contribution in [0.2, 0.25) is 0 Å². The van der Waals surface area contributed by atoms with Crippen molar-refractivity contribution < 1.29 is 17.9 Å². The molecule has 0 aliphatic rings. The van der Waals surface area contributed by atoms with Crippen LogP contribution in [0, 0.1) is 18.3 Å². The molecule has 118 valence electrons. The highest BCUT2D eigenvalue weighted by Crippen LogP contribution is 2.30. The first kappa shape index (κ1) is 17.3.